The van der Waals surface area contributed by atoms with Crippen molar-refractivity contribution in [1.82, 2.24) is 0 Å². The molecule has 0 aliphatic heterocycles. The number of halogens is 3. The van der Waals surface area contributed by atoms with Gasteiger partial charge in [-0.25, -0.2) is 0 Å². The molecule has 0 amide bonds. The van der Waals surface area contributed by atoms with E-state index < -0.39 is 0 Å². The van der Waals surface area contributed by atoms with Crippen molar-refractivity contribution in [3.63, 3.8) is 0 Å². The highest BCUT2D eigenvalue weighted by molar-refractivity contribution is 6.36. The maximum atomic E-state index is 12.0. The van der Waals surface area contributed by atoms with Gasteiger partial charge >= 0.3 is 0 Å². The Kier molecular flexibility index (Phi) is 5.79. The van der Waals surface area contributed by atoms with Gasteiger partial charge in [-0.2, -0.15) is 4.57 Å². The molecule has 2 rings (SSSR count). The van der Waals surface area contributed by atoms with Crippen LogP contribution in [0.2, 0.25) is 10.0 Å². The van der Waals surface area contributed by atoms with Crippen molar-refractivity contribution in [2.75, 3.05) is 0 Å². The number of pyridine rings is 1. The van der Waals surface area contributed by atoms with E-state index in [2.05, 4.69) is 0 Å². The van der Waals surface area contributed by atoms with Gasteiger partial charge in [0, 0.05) is 22.7 Å². The van der Waals surface area contributed by atoms with Gasteiger partial charge in [0.05, 0.1) is 5.02 Å². The predicted molar refractivity (Wildman–Crippen MR) is 67.4 cm³/mol. The molecule has 0 spiro atoms. The van der Waals surface area contributed by atoms with Gasteiger partial charge in [-0.1, -0.05) is 29.3 Å². The summed E-state index contributed by atoms with van der Waals surface area (Å²) in [4.78, 5) is 12.0. The summed E-state index contributed by atoms with van der Waals surface area (Å²) in [5.41, 5.74) is 0.493. The number of ketones is 1. The average molecular weight is 347 g/mol. The van der Waals surface area contributed by atoms with Crippen molar-refractivity contribution in [1.29, 1.82) is 0 Å². The van der Waals surface area contributed by atoms with Crippen LogP contribution in [0.25, 0.3) is 0 Å². The molecule has 0 unspecified atom stereocenters. The van der Waals surface area contributed by atoms with E-state index >= 15 is 0 Å². The Hall–Kier alpha value is -0.900. The first-order valence-electron chi connectivity index (χ1n) is 5.09. The van der Waals surface area contributed by atoms with E-state index in [0.717, 1.165) is 0 Å². The fraction of sp³-hybridized carbons (Fsp3) is 0.0769. The number of aromatic nitrogens is 1. The number of rotatable bonds is 3. The summed E-state index contributed by atoms with van der Waals surface area (Å²) in [7, 11) is 0. The third-order valence-corrected chi connectivity index (χ3v) is 2.88. The summed E-state index contributed by atoms with van der Waals surface area (Å²) in [6.07, 6.45) is 3.67. The van der Waals surface area contributed by atoms with Crippen molar-refractivity contribution in [3.05, 3.63) is 64.4 Å². The summed E-state index contributed by atoms with van der Waals surface area (Å²) in [6.45, 7) is 0.266. The fourth-order valence-corrected chi connectivity index (χ4v) is 2.02. The SMILES string of the molecule is O=C(C[n+]1ccccc1)c1ccc(Cl)cc1Cl.[Br-]. The molecule has 2 aromatic rings. The first-order chi connectivity index (χ1) is 8.16. The highest BCUT2D eigenvalue weighted by Gasteiger charge is 2.14. The lowest BCUT2D eigenvalue weighted by atomic mass is 10.1. The van der Waals surface area contributed by atoms with Crippen molar-refractivity contribution in [2.24, 2.45) is 0 Å². The summed E-state index contributed by atoms with van der Waals surface area (Å²) < 4.78 is 1.80. The van der Waals surface area contributed by atoms with E-state index in [0.29, 0.717) is 15.6 Å². The Balaban J connectivity index is 0.00000162. The van der Waals surface area contributed by atoms with E-state index in [9.17, 15) is 4.79 Å². The molecule has 5 heteroatoms. The molecule has 0 radical (unpaired) electrons. The summed E-state index contributed by atoms with van der Waals surface area (Å²) in [5.74, 6) is -0.0390. The lowest BCUT2D eigenvalue weighted by Crippen LogP contribution is -3.00. The largest absolute Gasteiger partial charge is 1.00 e. The van der Waals surface area contributed by atoms with Gasteiger partial charge in [0.2, 0.25) is 12.3 Å². The monoisotopic (exact) mass is 345 g/mol. The zero-order valence-electron chi connectivity index (χ0n) is 9.32. The molecule has 0 aliphatic rings. The lowest BCUT2D eigenvalue weighted by molar-refractivity contribution is -0.683. The maximum Gasteiger partial charge on any atom is 0.229 e. The second kappa shape index (κ2) is 6.88. The summed E-state index contributed by atoms with van der Waals surface area (Å²) in [5, 5.41) is 0.915. The molecule has 2 nitrogen and oxygen atoms in total. The highest BCUT2D eigenvalue weighted by Crippen LogP contribution is 2.21. The Morgan fingerprint density at radius 1 is 1.11 bits per heavy atom. The van der Waals surface area contributed by atoms with Crippen molar-refractivity contribution in [3.8, 4) is 0 Å². The molecule has 94 valence electrons. The molecule has 0 saturated carbocycles. The first-order valence-corrected chi connectivity index (χ1v) is 5.85. The quantitative estimate of drug-likeness (QED) is 0.573. The molecular formula is C13H10BrCl2NO. The molecule has 0 aliphatic carbocycles. The van der Waals surface area contributed by atoms with Crippen LogP contribution in [-0.4, -0.2) is 5.78 Å². The van der Waals surface area contributed by atoms with Crippen LogP contribution >= 0.6 is 23.2 Å². The number of carbonyl (C=O) groups excluding carboxylic acids is 1. The van der Waals surface area contributed by atoms with Gasteiger partial charge in [0.25, 0.3) is 0 Å². The number of hydrogen-bond acceptors (Lipinski definition) is 1. The minimum atomic E-state index is -0.0390. The standard InChI is InChI=1S/C13H10Cl2NO.BrH/c14-10-4-5-11(12(15)8-10)13(17)9-16-6-2-1-3-7-16;/h1-8H,9H2;1H/q+1;/p-1. The molecule has 0 saturated heterocycles. The third kappa shape index (κ3) is 3.80. The Morgan fingerprint density at radius 2 is 1.78 bits per heavy atom. The van der Waals surface area contributed by atoms with E-state index in [4.69, 9.17) is 23.2 Å². The van der Waals surface area contributed by atoms with Crippen LogP contribution in [0.3, 0.4) is 0 Å². The van der Waals surface area contributed by atoms with Crippen LogP contribution in [0.4, 0.5) is 0 Å². The zero-order valence-corrected chi connectivity index (χ0v) is 12.4. The average Bonchev–Trinajstić information content (AvgIpc) is 2.30. The second-order valence-corrected chi connectivity index (χ2v) is 4.44. The van der Waals surface area contributed by atoms with Gasteiger partial charge in [0.15, 0.2) is 12.4 Å². The van der Waals surface area contributed by atoms with Crippen molar-refractivity contribution < 1.29 is 26.3 Å². The van der Waals surface area contributed by atoms with Gasteiger partial charge in [-0.3, -0.25) is 4.79 Å². The topological polar surface area (TPSA) is 20.9 Å². The molecule has 0 bridgehead atoms. The van der Waals surface area contributed by atoms with Gasteiger partial charge in [-0.05, 0) is 18.2 Å². The van der Waals surface area contributed by atoms with Gasteiger partial charge in [0.1, 0.15) is 0 Å². The van der Waals surface area contributed by atoms with Crippen LogP contribution in [0, 0.1) is 0 Å². The fourth-order valence-electron chi connectivity index (χ4n) is 1.51. The highest BCUT2D eigenvalue weighted by atomic mass is 79.9. The Bertz CT molecular complexity index is 546. The number of Topliss-reactive ketones (excluding diaryl/α,β-unsaturated/α-hetero) is 1. The van der Waals surface area contributed by atoms with E-state index in [1.165, 1.54) is 0 Å². The van der Waals surface area contributed by atoms with Crippen LogP contribution < -0.4 is 21.5 Å². The lowest BCUT2D eigenvalue weighted by Gasteiger charge is -2.01. The minimum absolute atomic E-state index is 0. The second-order valence-electron chi connectivity index (χ2n) is 3.60. The van der Waals surface area contributed by atoms with Crippen molar-refractivity contribution >= 4 is 29.0 Å². The normalized spacial score (nSPS) is 9.67. The van der Waals surface area contributed by atoms with Gasteiger partial charge in [-0.15, -0.1) is 0 Å². The van der Waals surface area contributed by atoms with Crippen LogP contribution in [-0.2, 0) is 6.54 Å². The van der Waals surface area contributed by atoms with E-state index in [1.54, 1.807) is 22.8 Å². The van der Waals surface area contributed by atoms with Crippen molar-refractivity contribution in [2.45, 2.75) is 6.54 Å². The Labute approximate surface area is 126 Å². The number of nitrogens with zero attached hydrogens (tertiary/aromatic N) is 1. The molecule has 1 aromatic heterocycles. The molecule has 18 heavy (non-hydrogen) atoms. The molecule has 1 aromatic carbocycles. The number of hydrogen-bond donors (Lipinski definition) is 0. The van der Waals surface area contributed by atoms with E-state index in [1.807, 2.05) is 30.6 Å². The number of carbonyl (C=O) groups is 1. The number of benzene rings is 1. The zero-order chi connectivity index (χ0) is 12.3. The summed E-state index contributed by atoms with van der Waals surface area (Å²) >= 11 is 11.8. The molecule has 0 fully saturated rings. The van der Waals surface area contributed by atoms with Crippen LogP contribution in [0.15, 0.2) is 48.8 Å². The molecule has 0 atom stereocenters. The van der Waals surface area contributed by atoms with Gasteiger partial charge < -0.3 is 17.0 Å². The van der Waals surface area contributed by atoms with E-state index in [-0.39, 0.29) is 29.3 Å². The van der Waals surface area contributed by atoms with Crippen LogP contribution in [0.1, 0.15) is 10.4 Å². The summed E-state index contributed by atoms with van der Waals surface area (Å²) in [6, 6.07) is 10.5. The Morgan fingerprint density at radius 3 is 2.39 bits per heavy atom. The van der Waals surface area contributed by atoms with Crippen LogP contribution in [0.5, 0.6) is 0 Å². The minimum Gasteiger partial charge on any atom is -1.00 e. The third-order valence-electron chi connectivity index (χ3n) is 2.34. The molecule has 1 heterocycles. The predicted octanol–water partition coefficient (Wildman–Crippen LogP) is 0.168. The smallest absolute Gasteiger partial charge is 0.229 e. The molecular weight excluding hydrogens is 337 g/mol. The first kappa shape index (κ1) is 15.2. The maximum absolute atomic E-state index is 12.0. The molecule has 0 N–H and O–H groups in total.